The second-order valence-corrected chi connectivity index (χ2v) is 5.64. The van der Waals surface area contributed by atoms with Crippen molar-refractivity contribution in [1.82, 2.24) is 0 Å². The van der Waals surface area contributed by atoms with Gasteiger partial charge < -0.3 is 10.2 Å². The Morgan fingerprint density at radius 1 is 0.542 bits per heavy atom. The number of hydrogen-bond acceptors (Lipinski definition) is 2. The van der Waals surface area contributed by atoms with Crippen LogP contribution < -0.4 is 0 Å². The topological polar surface area (TPSA) is 80.3 Å². The highest BCUT2D eigenvalue weighted by Crippen LogP contribution is 2.46. The molecule has 0 aliphatic carbocycles. The number of benzene rings is 4. The molecule has 0 saturated heterocycles. The molecule has 0 fully saturated rings. The van der Waals surface area contributed by atoms with Crippen LogP contribution in [0.2, 0.25) is 0 Å². The molecule has 24 heavy (non-hydrogen) atoms. The number of fused-ring (bicyclic) bond motifs is 2. The molecule has 2 radical (unpaired) electrons. The van der Waals surface area contributed by atoms with Crippen LogP contribution in [0.3, 0.4) is 0 Å². The molecule has 2 N–H and O–H groups in total. The second-order valence-electron chi connectivity index (χ2n) is 5.64. The van der Waals surface area contributed by atoms with E-state index in [2.05, 4.69) is 0 Å². The summed E-state index contributed by atoms with van der Waals surface area (Å²) >= 11 is 0. The van der Waals surface area contributed by atoms with Crippen molar-refractivity contribution in [2.75, 3.05) is 0 Å². The van der Waals surface area contributed by atoms with E-state index in [9.17, 15) is 20.4 Å². The number of phenols is 2. The van der Waals surface area contributed by atoms with Crippen LogP contribution in [0.4, 0.5) is 0 Å². The van der Waals surface area contributed by atoms with Crippen LogP contribution >= 0.6 is 0 Å². The molecule has 0 unspecified atom stereocenters. The van der Waals surface area contributed by atoms with Gasteiger partial charge in [-0.25, -0.2) is 0 Å². The average molecular weight is 316 g/mol. The van der Waals surface area contributed by atoms with Gasteiger partial charge in [0.1, 0.15) is 0 Å². The van der Waals surface area contributed by atoms with Crippen LogP contribution in [0.15, 0.2) is 60.7 Å². The van der Waals surface area contributed by atoms with Gasteiger partial charge in [-0.1, -0.05) is 48.5 Å². The van der Waals surface area contributed by atoms with Gasteiger partial charge in [-0.2, -0.15) is 0 Å². The molecule has 0 saturated carbocycles. The molecule has 0 aliphatic rings. The number of hydrogen-bond donors (Lipinski definition) is 2. The van der Waals surface area contributed by atoms with Crippen molar-refractivity contribution in [3.8, 4) is 34.1 Å². The van der Waals surface area contributed by atoms with Gasteiger partial charge in [-0.15, -0.1) is 0 Å². The van der Waals surface area contributed by atoms with E-state index in [1.807, 2.05) is 0 Å². The van der Waals surface area contributed by atoms with Crippen molar-refractivity contribution in [3.63, 3.8) is 0 Å². The fraction of sp³-hybridized carbons (Fsp3) is 0. The zero-order chi connectivity index (χ0) is 16.8. The molecule has 4 heteroatoms. The zero-order valence-electron chi connectivity index (χ0n) is 12.5. The Morgan fingerprint density at radius 2 is 0.875 bits per heavy atom. The smallest absolute Gasteiger partial charge is 0.227 e. The zero-order valence-corrected chi connectivity index (χ0v) is 12.5. The standard InChI is InChI=1S/C20H12O4/c21-17-9-15(11-5-1-3-7-13(11)19(17)23)16-10-18(22)20(24)14-8-4-2-6-12(14)16/h1-10,21-22H. The second kappa shape index (κ2) is 5.06. The van der Waals surface area contributed by atoms with Crippen molar-refractivity contribution in [3.05, 3.63) is 60.7 Å². The molecule has 0 bridgehead atoms. The van der Waals surface area contributed by atoms with E-state index in [0.717, 1.165) is 0 Å². The summed E-state index contributed by atoms with van der Waals surface area (Å²) in [6.45, 7) is 0. The molecule has 0 atom stereocenters. The van der Waals surface area contributed by atoms with Gasteiger partial charge in [0, 0.05) is 10.8 Å². The lowest BCUT2D eigenvalue weighted by Crippen LogP contribution is -1.86. The third-order valence-electron chi connectivity index (χ3n) is 4.24. The Morgan fingerprint density at radius 3 is 1.25 bits per heavy atom. The maximum atomic E-state index is 12.1. The first-order valence-electron chi connectivity index (χ1n) is 7.41. The fourth-order valence-corrected chi connectivity index (χ4v) is 3.11. The molecule has 116 valence electrons. The van der Waals surface area contributed by atoms with Gasteiger partial charge in [0.15, 0.2) is 11.5 Å². The quantitative estimate of drug-likeness (QED) is 0.496. The molecular weight excluding hydrogens is 304 g/mol. The van der Waals surface area contributed by atoms with E-state index < -0.39 is 11.5 Å². The molecule has 4 aromatic rings. The van der Waals surface area contributed by atoms with E-state index >= 15 is 0 Å². The lowest BCUT2D eigenvalue weighted by molar-refractivity contribution is 0.329. The summed E-state index contributed by atoms with van der Waals surface area (Å²) in [7, 11) is 0. The highest BCUT2D eigenvalue weighted by molar-refractivity contribution is 6.09. The van der Waals surface area contributed by atoms with E-state index in [-0.39, 0.29) is 11.5 Å². The Labute approximate surface area is 137 Å². The minimum absolute atomic E-state index is 0.363. The van der Waals surface area contributed by atoms with Gasteiger partial charge in [0.2, 0.25) is 11.5 Å². The van der Waals surface area contributed by atoms with E-state index in [0.29, 0.717) is 32.7 Å². The minimum Gasteiger partial charge on any atom is -0.504 e. The Balaban J connectivity index is 2.19. The van der Waals surface area contributed by atoms with Crippen LogP contribution in [-0.2, 0) is 10.2 Å². The highest BCUT2D eigenvalue weighted by atomic mass is 16.3. The van der Waals surface area contributed by atoms with Crippen LogP contribution in [0.25, 0.3) is 32.7 Å². The van der Waals surface area contributed by atoms with Crippen LogP contribution in [0, 0.1) is 0 Å². The maximum Gasteiger partial charge on any atom is 0.227 e. The Kier molecular flexibility index (Phi) is 3.00. The van der Waals surface area contributed by atoms with Gasteiger partial charge in [0.05, 0.1) is 0 Å². The first-order valence-corrected chi connectivity index (χ1v) is 7.41. The predicted molar refractivity (Wildman–Crippen MR) is 90.5 cm³/mol. The lowest BCUT2D eigenvalue weighted by atomic mass is 9.92. The molecule has 4 aromatic carbocycles. The van der Waals surface area contributed by atoms with Crippen molar-refractivity contribution in [2.24, 2.45) is 0 Å². The van der Waals surface area contributed by atoms with Gasteiger partial charge in [-0.05, 0) is 34.0 Å². The number of phenolic OH excluding ortho intramolecular Hbond substituents is 2. The van der Waals surface area contributed by atoms with Crippen molar-refractivity contribution in [2.45, 2.75) is 0 Å². The summed E-state index contributed by atoms with van der Waals surface area (Å²) in [5.41, 5.74) is 1.18. The van der Waals surface area contributed by atoms with Crippen molar-refractivity contribution < 1.29 is 20.4 Å². The monoisotopic (exact) mass is 316 g/mol. The molecule has 4 rings (SSSR count). The van der Waals surface area contributed by atoms with Gasteiger partial charge in [0.25, 0.3) is 0 Å². The summed E-state index contributed by atoms with van der Waals surface area (Å²) in [5, 5.41) is 46.4. The third kappa shape index (κ3) is 1.93. The van der Waals surface area contributed by atoms with Crippen LogP contribution in [0.5, 0.6) is 23.0 Å². The van der Waals surface area contributed by atoms with E-state index in [4.69, 9.17) is 0 Å². The number of aromatic hydroxyl groups is 2. The van der Waals surface area contributed by atoms with Gasteiger partial charge in [-0.3, -0.25) is 10.2 Å². The van der Waals surface area contributed by atoms with Crippen LogP contribution in [-0.4, -0.2) is 10.2 Å². The minimum atomic E-state index is -0.441. The Bertz CT molecular complexity index is 1010. The van der Waals surface area contributed by atoms with Gasteiger partial charge >= 0.3 is 0 Å². The SMILES string of the molecule is [O]c1c(O)cc(-c2cc(O)c([O])c3ccccc23)c2ccccc12. The molecule has 4 nitrogen and oxygen atoms in total. The summed E-state index contributed by atoms with van der Waals surface area (Å²) in [6.07, 6.45) is 0. The van der Waals surface area contributed by atoms with E-state index in [1.54, 1.807) is 48.5 Å². The molecule has 0 spiro atoms. The van der Waals surface area contributed by atoms with Crippen LogP contribution in [0.1, 0.15) is 0 Å². The van der Waals surface area contributed by atoms with E-state index in [1.165, 1.54) is 12.1 Å². The summed E-state index contributed by atoms with van der Waals surface area (Å²) < 4.78 is 0. The average Bonchev–Trinajstić information content (AvgIpc) is 2.61. The molecule has 0 amide bonds. The molecule has 0 aromatic heterocycles. The summed E-state index contributed by atoms with van der Waals surface area (Å²) in [4.78, 5) is 0. The maximum absolute atomic E-state index is 12.1. The van der Waals surface area contributed by atoms with Crippen molar-refractivity contribution >= 4 is 21.5 Å². The summed E-state index contributed by atoms with van der Waals surface area (Å²) in [6, 6.07) is 16.7. The normalized spacial score (nSPS) is 11.2. The van der Waals surface area contributed by atoms with Crippen molar-refractivity contribution in [1.29, 1.82) is 0 Å². The first kappa shape index (κ1) is 14.2. The summed E-state index contributed by atoms with van der Waals surface area (Å²) in [5.74, 6) is -1.61. The molecule has 0 aliphatic heterocycles. The molecular formula is C20H12O4. The largest absolute Gasteiger partial charge is 0.504 e. The third-order valence-corrected chi connectivity index (χ3v) is 4.24. The lowest BCUT2D eigenvalue weighted by Gasteiger charge is -2.13. The Hall–Kier alpha value is -3.40. The predicted octanol–water partition coefficient (Wildman–Crippen LogP) is 5.36. The fourth-order valence-electron chi connectivity index (χ4n) is 3.11. The molecule has 0 heterocycles. The number of rotatable bonds is 1. The first-order chi connectivity index (χ1) is 11.6. The highest BCUT2D eigenvalue weighted by Gasteiger charge is 2.18.